The molecule has 2 atom stereocenters. The molecule has 0 aliphatic rings. The van der Waals surface area contributed by atoms with Crippen LogP contribution in [0.3, 0.4) is 0 Å². The Hall–Kier alpha value is -1.39. The van der Waals surface area contributed by atoms with Crippen molar-refractivity contribution in [1.82, 2.24) is 5.32 Å². The molecular formula is C17H28N2O2. The second-order valence-electron chi connectivity index (χ2n) is 6.87. The smallest absolute Gasteiger partial charge is 0.221 e. The number of carbonyl (C=O) groups excluding carboxylic acids is 1. The Morgan fingerprint density at radius 3 is 2.43 bits per heavy atom. The molecule has 0 saturated carbocycles. The van der Waals surface area contributed by atoms with Gasteiger partial charge >= 0.3 is 0 Å². The van der Waals surface area contributed by atoms with Crippen molar-refractivity contribution in [2.24, 2.45) is 11.1 Å². The number of nitrogens with two attached hydrogens (primary N) is 1. The third-order valence-electron chi connectivity index (χ3n) is 3.23. The Kier molecular flexibility index (Phi) is 6.85. The number of carbonyl (C=O) groups is 1. The first-order valence-corrected chi connectivity index (χ1v) is 7.50. The summed E-state index contributed by atoms with van der Waals surface area (Å²) in [6, 6.07) is 9.40. The monoisotopic (exact) mass is 292 g/mol. The maximum atomic E-state index is 12.0. The van der Waals surface area contributed by atoms with Gasteiger partial charge in [-0.3, -0.25) is 4.79 Å². The largest absolute Gasteiger partial charge is 0.394 e. The first-order chi connectivity index (χ1) is 9.80. The molecule has 0 radical (unpaired) electrons. The summed E-state index contributed by atoms with van der Waals surface area (Å²) >= 11 is 0. The predicted octanol–water partition coefficient (Wildman–Crippen LogP) is 1.86. The van der Waals surface area contributed by atoms with Crippen LogP contribution in [-0.2, 0) is 11.2 Å². The summed E-state index contributed by atoms with van der Waals surface area (Å²) in [5.74, 6) is -0.0956. The number of nitrogens with one attached hydrogen (secondary N) is 1. The van der Waals surface area contributed by atoms with Gasteiger partial charge in [0.25, 0.3) is 0 Å². The quantitative estimate of drug-likeness (QED) is 0.718. The summed E-state index contributed by atoms with van der Waals surface area (Å²) in [5, 5.41) is 12.3. The molecule has 0 spiro atoms. The number of aliphatic hydroxyl groups excluding tert-OH is 1. The molecule has 0 heterocycles. The lowest BCUT2D eigenvalue weighted by Gasteiger charge is -2.23. The molecule has 0 saturated heterocycles. The van der Waals surface area contributed by atoms with E-state index in [2.05, 4.69) is 26.1 Å². The number of hydrogen-bond acceptors (Lipinski definition) is 3. The van der Waals surface area contributed by atoms with E-state index in [4.69, 9.17) is 5.73 Å². The zero-order chi connectivity index (χ0) is 15.9. The topological polar surface area (TPSA) is 75.4 Å². The molecular weight excluding hydrogens is 264 g/mol. The highest BCUT2D eigenvalue weighted by atomic mass is 16.3. The van der Waals surface area contributed by atoms with Gasteiger partial charge in [-0.05, 0) is 23.8 Å². The summed E-state index contributed by atoms with van der Waals surface area (Å²) in [7, 11) is 0. The zero-order valence-electron chi connectivity index (χ0n) is 13.3. The lowest BCUT2D eigenvalue weighted by Crippen LogP contribution is -2.42. The highest BCUT2D eigenvalue weighted by molar-refractivity contribution is 5.76. The molecule has 4 nitrogen and oxygen atoms in total. The Morgan fingerprint density at radius 2 is 1.90 bits per heavy atom. The number of hydrogen-bond donors (Lipinski definition) is 3. The van der Waals surface area contributed by atoms with Gasteiger partial charge in [-0.1, -0.05) is 51.1 Å². The summed E-state index contributed by atoms with van der Waals surface area (Å²) in [4.78, 5) is 12.0. The van der Waals surface area contributed by atoms with Gasteiger partial charge in [0.15, 0.2) is 0 Å². The lowest BCUT2D eigenvalue weighted by molar-refractivity contribution is -0.122. The van der Waals surface area contributed by atoms with E-state index in [1.54, 1.807) is 0 Å². The fourth-order valence-electron chi connectivity index (χ4n) is 2.44. The van der Waals surface area contributed by atoms with E-state index in [1.807, 2.05) is 30.3 Å². The van der Waals surface area contributed by atoms with E-state index in [0.29, 0.717) is 12.8 Å². The van der Waals surface area contributed by atoms with Gasteiger partial charge in [0, 0.05) is 12.5 Å². The highest BCUT2D eigenvalue weighted by Crippen LogP contribution is 2.21. The van der Waals surface area contributed by atoms with Gasteiger partial charge in [-0.25, -0.2) is 0 Å². The minimum absolute atomic E-state index is 0.0743. The number of aliphatic hydroxyl groups is 1. The Bertz CT molecular complexity index is 426. The molecule has 0 bridgehead atoms. The Labute approximate surface area is 127 Å². The average Bonchev–Trinajstić information content (AvgIpc) is 2.36. The summed E-state index contributed by atoms with van der Waals surface area (Å²) in [6.45, 7) is 6.25. The van der Waals surface area contributed by atoms with Crippen molar-refractivity contribution in [1.29, 1.82) is 0 Å². The molecule has 118 valence electrons. The van der Waals surface area contributed by atoms with E-state index >= 15 is 0 Å². The second-order valence-corrected chi connectivity index (χ2v) is 6.87. The van der Waals surface area contributed by atoms with Gasteiger partial charge < -0.3 is 16.2 Å². The van der Waals surface area contributed by atoms with Crippen molar-refractivity contribution < 1.29 is 9.90 Å². The molecule has 0 aliphatic heterocycles. The minimum atomic E-state index is -0.262. The van der Waals surface area contributed by atoms with E-state index in [1.165, 1.54) is 0 Å². The van der Waals surface area contributed by atoms with Crippen molar-refractivity contribution >= 4 is 5.91 Å². The molecule has 0 fully saturated rings. The van der Waals surface area contributed by atoms with Crippen LogP contribution in [0, 0.1) is 5.41 Å². The van der Waals surface area contributed by atoms with Crippen LogP contribution in [0.4, 0.5) is 0 Å². The third-order valence-corrected chi connectivity index (χ3v) is 3.23. The predicted molar refractivity (Wildman–Crippen MR) is 85.8 cm³/mol. The second kappa shape index (κ2) is 8.15. The standard InChI is InChI=1S/C17H28N2O2/c1-17(2,3)11-14(18)10-16(21)19-15(12-20)9-13-7-5-4-6-8-13/h4-8,14-15,20H,9-12,18H2,1-3H3,(H,19,21). The third kappa shape index (κ3) is 7.83. The van der Waals surface area contributed by atoms with Crippen LogP contribution in [0.2, 0.25) is 0 Å². The average molecular weight is 292 g/mol. The normalized spacial score (nSPS) is 14.5. The van der Waals surface area contributed by atoms with Crippen molar-refractivity contribution in [2.75, 3.05) is 6.61 Å². The summed E-state index contributed by atoms with van der Waals surface area (Å²) < 4.78 is 0. The number of benzene rings is 1. The van der Waals surface area contributed by atoms with Crippen LogP contribution in [0.1, 0.15) is 39.2 Å². The van der Waals surface area contributed by atoms with E-state index in [0.717, 1.165) is 12.0 Å². The zero-order valence-corrected chi connectivity index (χ0v) is 13.3. The molecule has 1 aromatic carbocycles. The Morgan fingerprint density at radius 1 is 1.29 bits per heavy atom. The van der Waals surface area contributed by atoms with E-state index < -0.39 is 0 Å². The molecule has 1 amide bonds. The van der Waals surface area contributed by atoms with Crippen LogP contribution in [0.15, 0.2) is 30.3 Å². The van der Waals surface area contributed by atoms with Crippen molar-refractivity contribution in [3.8, 4) is 0 Å². The molecule has 1 aromatic rings. The molecule has 0 aliphatic carbocycles. The van der Waals surface area contributed by atoms with Crippen LogP contribution in [0.5, 0.6) is 0 Å². The van der Waals surface area contributed by atoms with Gasteiger partial charge in [0.1, 0.15) is 0 Å². The van der Waals surface area contributed by atoms with Gasteiger partial charge in [-0.2, -0.15) is 0 Å². The van der Waals surface area contributed by atoms with Gasteiger partial charge in [0.05, 0.1) is 12.6 Å². The van der Waals surface area contributed by atoms with E-state index in [-0.39, 0.29) is 30.0 Å². The molecule has 4 N–H and O–H groups in total. The lowest BCUT2D eigenvalue weighted by atomic mass is 9.87. The van der Waals surface area contributed by atoms with Gasteiger partial charge in [0.2, 0.25) is 5.91 Å². The fourth-order valence-corrected chi connectivity index (χ4v) is 2.44. The molecule has 0 aromatic heterocycles. The summed E-state index contributed by atoms with van der Waals surface area (Å²) in [6.07, 6.45) is 1.71. The van der Waals surface area contributed by atoms with Crippen LogP contribution < -0.4 is 11.1 Å². The SMILES string of the molecule is CC(C)(C)CC(N)CC(=O)NC(CO)Cc1ccccc1. The first-order valence-electron chi connectivity index (χ1n) is 7.50. The molecule has 2 unspecified atom stereocenters. The highest BCUT2D eigenvalue weighted by Gasteiger charge is 2.19. The van der Waals surface area contributed by atoms with E-state index in [9.17, 15) is 9.90 Å². The van der Waals surface area contributed by atoms with Crippen LogP contribution >= 0.6 is 0 Å². The fraction of sp³-hybridized carbons (Fsp3) is 0.588. The van der Waals surface area contributed by atoms with Crippen molar-refractivity contribution in [2.45, 2.75) is 52.1 Å². The maximum absolute atomic E-state index is 12.0. The Balaban J connectivity index is 2.44. The molecule has 4 heteroatoms. The molecule has 1 rings (SSSR count). The maximum Gasteiger partial charge on any atom is 0.221 e. The summed E-state index contributed by atoms with van der Waals surface area (Å²) in [5.41, 5.74) is 7.21. The van der Waals surface area contributed by atoms with Crippen LogP contribution in [0.25, 0.3) is 0 Å². The number of amides is 1. The number of rotatable bonds is 7. The van der Waals surface area contributed by atoms with Crippen LogP contribution in [-0.4, -0.2) is 29.7 Å². The van der Waals surface area contributed by atoms with Crippen molar-refractivity contribution in [3.63, 3.8) is 0 Å². The minimum Gasteiger partial charge on any atom is -0.394 e. The first kappa shape index (κ1) is 17.7. The molecule has 21 heavy (non-hydrogen) atoms. The van der Waals surface area contributed by atoms with Gasteiger partial charge in [-0.15, -0.1) is 0 Å². The van der Waals surface area contributed by atoms with Crippen molar-refractivity contribution in [3.05, 3.63) is 35.9 Å².